The second kappa shape index (κ2) is 6.94. The van der Waals surface area contributed by atoms with E-state index in [1.54, 1.807) is 26.0 Å². The van der Waals surface area contributed by atoms with Gasteiger partial charge in [0.1, 0.15) is 11.4 Å². The summed E-state index contributed by atoms with van der Waals surface area (Å²) in [5.41, 5.74) is 0.877. The van der Waals surface area contributed by atoms with Crippen LogP contribution in [0.4, 0.5) is 0 Å². The molecule has 0 aliphatic carbocycles. The van der Waals surface area contributed by atoms with Gasteiger partial charge in [-0.2, -0.15) is 0 Å². The topological polar surface area (TPSA) is 74.8 Å². The Hall–Kier alpha value is -1.85. The molecule has 116 valence electrons. The van der Waals surface area contributed by atoms with Crippen molar-refractivity contribution in [1.82, 2.24) is 15.3 Å². The van der Waals surface area contributed by atoms with Crippen LogP contribution in [0.1, 0.15) is 27.4 Å². The first-order valence-electron chi connectivity index (χ1n) is 6.68. The molecule has 7 heteroatoms. The van der Waals surface area contributed by atoms with Gasteiger partial charge in [-0.15, -0.1) is 0 Å². The van der Waals surface area contributed by atoms with Gasteiger partial charge in [0, 0.05) is 16.6 Å². The summed E-state index contributed by atoms with van der Waals surface area (Å²) in [4.78, 5) is 30.6. The van der Waals surface area contributed by atoms with E-state index in [0.29, 0.717) is 34.5 Å². The SMILES string of the molecule is Cc1nc(C)c(C(=O)NCCc2ccc(Cl)cc2Cl)c(=O)[nH]1. The summed E-state index contributed by atoms with van der Waals surface area (Å²) in [5.74, 6) is 0.0309. The monoisotopic (exact) mass is 339 g/mol. The Labute approximate surface area is 137 Å². The Morgan fingerprint density at radius 1 is 1.32 bits per heavy atom. The molecular formula is C15H15Cl2N3O2. The lowest BCUT2D eigenvalue weighted by Crippen LogP contribution is -2.33. The molecule has 0 fully saturated rings. The fraction of sp³-hybridized carbons (Fsp3) is 0.267. The van der Waals surface area contributed by atoms with Gasteiger partial charge < -0.3 is 10.3 Å². The maximum absolute atomic E-state index is 12.1. The zero-order chi connectivity index (χ0) is 16.3. The molecule has 1 aromatic heterocycles. The minimum absolute atomic E-state index is 0.0350. The van der Waals surface area contributed by atoms with Gasteiger partial charge in [-0.3, -0.25) is 9.59 Å². The average Bonchev–Trinajstić information content (AvgIpc) is 2.40. The van der Waals surface area contributed by atoms with Crippen molar-refractivity contribution in [1.29, 1.82) is 0 Å². The summed E-state index contributed by atoms with van der Waals surface area (Å²) in [6, 6.07) is 5.20. The zero-order valence-corrected chi connectivity index (χ0v) is 13.7. The molecule has 1 aromatic carbocycles. The Bertz CT molecular complexity index is 772. The molecule has 2 N–H and O–H groups in total. The number of amides is 1. The average molecular weight is 340 g/mol. The van der Waals surface area contributed by atoms with Crippen LogP contribution in [-0.4, -0.2) is 22.4 Å². The first kappa shape index (κ1) is 16.5. The summed E-state index contributed by atoms with van der Waals surface area (Å²) in [5, 5.41) is 3.81. The van der Waals surface area contributed by atoms with Crippen LogP contribution in [0.3, 0.4) is 0 Å². The molecular weight excluding hydrogens is 325 g/mol. The summed E-state index contributed by atoms with van der Waals surface area (Å²) >= 11 is 11.9. The van der Waals surface area contributed by atoms with Gasteiger partial charge in [0.2, 0.25) is 0 Å². The lowest BCUT2D eigenvalue weighted by atomic mass is 10.1. The molecule has 0 bridgehead atoms. The van der Waals surface area contributed by atoms with Gasteiger partial charge in [0.15, 0.2) is 0 Å². The number of benzene rings is 1. The fourth-order valence-corrected chi connectivity index (χ4v) is 2.62. The number of hydrogen-bond acceptors (Lipinski definition) is 3. The summed E-state index contributed by atoms with van der Waals surface area (Å²) in [7, 11) is 0. The summed E-state index contributed by atoms with van der Waals surface area (Å²) in [6.07, 6.45) is 0.540. The van der Waals surface area contributed by atoms with Gasteiger partial charge in [0.25, 0.3) is 11.5 Å². The van der Waals surface area contributed by atoms with Crippen LogP contribution in [0.15, 0.2) is 23.0 Å². The highest BCUT2D eigenvalue weighted by Crippen LogP contribution is 2.21. The van der Waals surface area contributed by atoms with Gasteiger partial charge in [0.05, 0.1) is 5.69 Å². The number of hydrogen-bond donors (Lipinski definition) is 2. The largest absolute Gasteiger partial charge is 0.351 e. The lowest BCUT2D eigenvalue weighted by Gasteiger charge is -2.08. The van der Waals surface area contributed by atoms with Crippen molar-refractivity contribution in [3.05, 3.63) is 61.2 Å². The van der Waals surface area contributed by atoms with Crippen LogP contribution < -0.4 is 10.9 Å². The highest BCUT2D eigenvalue weighted by atomic mass is 35.5. The third kappa shape index (κ3) is 3.87. The molecule has 0 atom stereocenters. The highest BCUT2D eigenvalue weighted by molar-refractivity contribution is 6.35. The molecule has 1 amide bonds. The summed E-state index contributed by atoms with van der Waals surface area (Å²) < 4.78 is 0. The third-order valence-electron chi connectivity index (χ3n) is 3.14. The number of nitrogens with one attached hydrogen (secondary N) is 2. The number of halogens is 2. The number of aryl methyl sites for hydroxylation is 2. The maximum atomic E-state index is 12.1. The molecule has 0 radical (unpaired) electrons. The summed E-state index contributed by atoms with van der Waals surface area (Å²) in [6.45, 7) is 3.65. The van der Waals surface area contributed by atoms with E-state index in [1.165, 1.54) is 0 Å². The van der Waals surface area contributed by atoms with Crippen LogP contribution in [0.2, 0.25) is 10.0 Å². The molecule has 22 heavy (non-hydrogen) atoms. The van der Waals surface area contributed by atoms with E-state index in [4.69, 9.17) is 23.2 Å². The lowest BCUT2D eigenvalue weighted by molar-refractivity contribution is 0.0951. The van der Waals surface area contributed by atoms with E-state index >= 15 is 0 Å². The first-order chi connectivity index (χ1) is 10.4. The minimum atomic E-state index is -0.448. The Morgan fingerprint density at radius 2 is 2.05 bits per heavy atom. The van der Waals surface area contributed by atoms with E-state index in [-0.39, 0.29) is 5.56 Å². The number of aromatic nitrogens is 2. The van der Waals surface area contributed by atoms with Crippen molar-refractivity contribution in [3.63, 3.8) is 0 Å². The number of H-pyrrole nitrogens is 1. The fourth-order valence-electron chi connectivity index (χ4n) is 2.12. The van der Waals surface area contributed by atoms with E-state index in [9.17, 15) is 9.59 Å². The smallest absolute Gasteiger partial charge is 0.264 e. The van der Waals surface area contributed by atoms with Crippen molar-refractivity contribution in [2.45, 2.75) is 20.3 Å². The number of nitrogens with zero attached hydrogens (tertiary/aromatic N) is 1. The van der Waals surface area contributed by atoms with Crippen LogP contribution >= 0.6 is 23.2 Å². The van der Waals surface area contributed by atoms with Crippen LogP contribution in [0, 0.1) is 13.8 Å². The zero-order valence-electron chi connectivity index (χ0n) is 12.2. The molecule has 0 aliphatic rings. The van der Waals surface area contributed by atoms with Crippen LogP contribution in [-0.2, 0) is 6.42 Å². The molecule has 0 aliphatic heterocycles. The molecule has 0 unspecified atom stereocenters. The van der Waals surface area contributed by atoms with Gasteiger partial charge >= 0.3 is 0 Å². The molecule has 5 nitrogen and oxygen atoms in total. The minimum Gasteiger partial charge on any atom is -0.351 e. The second-order valence-electron chi connectivity index (χ2n) is 4.85. The number of carbonyl (C=O) groups is 1. The number of carbonyl (C=O) groups excluding carboxylic acids is 1. The maximum Gasteiger partial charge on any atom is 0.264 e. The third-order valence-corrected chi connectivity index (χ3v) is 3.73. The van der Waals surface area contributed by atoms with Gasteiger partial charge in [-0.25, -0.2) is 4.98 Å². The molecule has 0 spiro atoms. The number of aromatic amines is 1. The Kier molecular flexibility index (Phi) is 5.21. The molecule has 1 heterocycles. The standard InChI is InChI=1S/C15H15Cl2N3O2/c1-8-13(15(22)20-9(2)19-8)14(21)18-6-5-10-3-4-11(16)7-12(10)17/h3-4,7H,5-6H2,1-2H3,(H,18,21)(H,19,20,22). The number of rotatable bonds is 4. The van der Waals surface area contributed by atoms with Crippen molar-refractivity contribution in [2.24, 2.45) is 0 Å². The van der Waals surface area contributed by atoms with Crippen molar-refractivity contribution in [2.75, 3.05) is 6.54 Å². The highest BCUT2D eigenvalue weighted by Gasteiger charge is 2.15. The van der Waals surface area contributed by atoms with E-state index in [2.05, 4.69) is 15.3 Å². The van der Waals surface area contributed by atoms with Crippen molar-refractivity contribution < 1.29 is 4.79 Å². The predicted molar refractivity (Wildman–Crippen MR) is 86.8 cm³/mol. The Morgan fingerprint density at radius 3 is 2.68 bits per heavy atom. The first-order valence-corrected chi connectivity index (χ1v) is 7.43. The molecule has 2 aromatic rings. The van der Waals surface area contributed by atoms with Crippen molar-refractivity contribution >= 4 is 29.1 Å². The molecule has 0 saturated heterocycles. The van der Waals surface area contributed by atoms with Gasteiger partial charge in [-0.1, -0.05) is 29.3 Å². The molecule has 0 saturated carbocycles. The quantitative estimate of drug-likeness (QED) is 0.899. The van der Waals surface area contributed by atoms with E-state index in [0.717, 1.165) is 5.56 Å². The Balaban J connectivity index is 2.03. The second-order valence-corrected chi connectivity index (χ2v) is 5.70. The van der Waals surface area contributed by atoms with E-state index in [1.807, 2.05) is 6.07 Å². The van der Waals surface area contributed by atoms with Crippen molar-refractivity contribution in [3.8, 4) is 0 Å². The van der Waals surface area contributed by atoms with Crippen LogP contribution in [0.25, 0.3) is 0 Å². The van der Waals surface area contributed by atoms with Crippen LogP contribution in [0.5, 0.6) is 0 Å². The van der Waals surface area contributed by atoms with E-state index < -0.39 is 11.5 Å². The molecule has 2 rings (SSSR count). The predicted octanol–water partition coefficient (Wildman–Crippen LogP) is 2.67. The normalized spacial score (nSPS) is 10.5. The van der Waals surface area contributed by atoms with Gasteiger partial charge in [-0.05, 0) is 38.0 Å².